The van der Waals surface area contributed by atoms with Gasteiger partial charge in [0.1, 0.15) is 10.9 Å². The fourth-order valence-corrected chi connectivity index (χ4v) is 3.21. The Bertz CT molecular complexity index is 763. The molecule has 0 unspecified atom stereocenters. The SMILES string of the molecule is CCOCc1ccccc1CNC(=O)c1c(C)nc(C(C)C)nc1SC. The first kappa shape index (κ1) is 20.4. The van der Waals surface area contributed by atoms with Gasteiger partial charge in [0.05, 0.1) is 17.9 Å². The molecule has 0 fully saturated rings. The fourth-order valence-electron chi connectivity index (χ4n) is 2.58. The highest BCUT2D eigenvalue weighted by molar-refractivity contribution is 7.98. The molecule has 1 amide bonds. The molecular formula is C20H27N3O2S. The molecular weight excluding hydrogens is 346 g/mol. The molecule has 0 aliphatic carbocycles. The Morgan fingerprint density at radius 1 is 1.23 bits per heavy atom. The molecule has 1 heterocycles. The van der Waals surface area contributed by atoms with E-state index in [0.29, 0.717) is 31.0 Å². The zero-order chi connectivity index (χ0) is 19.1. The highest BCUT2D eigenvalue weighted by Gasteiger charge is 2.19. The predicted molar refractivity (Wildman–Crippen MR) is 106 cm³/mol. The summed E-state index contributed by atoms with van der Waals surface area (Å²) in [5.74, 6) is 0.848. The number of nitrogens with zero attached hydrogens (tertiary/aromatic N) is 2. The molecule has 26 heavy (non-hydrogen) atoms. The Labute approximate surface area is 160 Å². The lowest BCUT2D eigenvalue weighted by atomic mass is 10.1. The molecule has 1 aromatic heterocycles. The summed E-state index contributed by atoms with van der Waals surface area (Å²) in [7, 11) is 0. The molecule has 0 aliphatic heterocycles. The van der Waals surface area contributed by atoms with Crippen molar-refractivity contribution in [2.45, 2.75) is 51.8 Å². The summed E-state index contributed by atoms with van der Waals surface area (Å²) < 4.78 is 5.51. The summed E-state index contributed by atoms with van der Waals surface area (Å²) in [6.45, 7) is 9.59. The maximum atomic E-state index is 12.8. The molecule has 0 saturated heterocycles. The Kier molecular flexibility index (Phi) is 7.60. The van der Waals surface area contributed by atoms with Gasteiger partial charge in [-0.3, -0.25) is 4.79 Å². The third kappa shape index (κ3) is 5.05. The van der Waals surface area contributed by atoms with E-state index in [-0.39, 0.29) is 11.8 Å². The third-order valence-electron chi connectivity index (χ3n) is 4.03. The smallest absolute Gasteiger partial charge is 0.256 e. The molecule has 140 valence electrons. The second-order valence-electron chi connectivity index (χ2n) is 6.29. The van der Waals surface area contributed by atoms with Gasteiger partial charge in [-0.15, -0.1) is 11.8 Å². The molecule has 1 aromatic carbocycles. The molecule has 6 heteroatoms. The van der Waals surface area contributed by atoms with Crippen molar-refractivity contribution in [3.63, 3.8) is 0 Å². The number of rotatable bonds is 8. The Morgan fingerprint density at radius 3 is 2.54 bits per heavy atom. The average Bonchev–Trinajstić information content (AvgIpc) is 2.64. The van der Waals surface area contributed by atoms with Gasteiger partial charge in [-0.2, -0.15) is 0 Å². The van der Waals surface area contributed by atoms with Crippen molar-refractivity contribution in [1.29, 1.82) is 0 Å². The maximum absolute atomic E-state index is 12.8. The minimum Gasteiger partial charge on any atom is -0.377 e. The Morgan fingerprint density at radius 2 is 1.92 bits per heavy atom. The van der Waals surface area contributed by atoms with Crippen LogP contribution in [0.2, 0.25) is 0 Å². The normalized spacial score (nSPS) is 11.0. The van der Waals surface area contributed by atoms with Crippen LogP contribution in [-0.4, -0.2) is 28.7 Å². The second kappa shape index (κ2) is 9.69. The van der Waals surface area contributed by atoms with Crippen LogP contribution in [-0.2, 0) is 17.9 Å². The average molecular weight is 374 g/mol. The lowest BCUT2D eigenvalue weighted by Gasteiger charge is -2.14. The summed E-state index contributed by atoms with van der Waals surface area (Å²) in [5.41, 5.74) is 3.41. The standard InChI is InChI=1S/C20H27N3O2S/c1-6-25-12-16-10-8-7-9-15(16)11-21-19(24)17-14(4)22-18(13(2)3)23-20(17)26-5/h7-10,13H,6,11-12H2,1-5H3,(H,21,24). The number of hydrogen-bond acceptors (Lipinski definition) is 5. The van der Waals surface area contributed by atoms with Crippen molar-refractivity contribution in [3.8, 4) is 0 Å². The van der Waals surface area contributed by atoms with Gasteiger partial charge in [0.25, 0.3) is 5.91 Å². The van der Waals surface area contributed by atoms with Gasteiger partial charge in [-0.05, 0) is 31.2 Å². The first-order valence-corrected chi connectivity index (χ1v) is 10.1. The van der Waals surface area contributed by atoms with E-state index in [1.165, 1.54) is 11.8 Å². The van der Waals surface area contributed by atoms with Crippen LogP contribution in [0.3, 0.4) is 0 Å². The van der Waals surface area contributed by atoms with Gasteiger partial charge < -0.3 is 10.1 Å². The number of carbonyl (C=O) groups excluding carboxylic acids is 1. The third-order valence-corrected chi connectivity index (χ3v) is 4.71. The van der Waals surface area contributed by atoms with Gasteiger partial charge in [0.2, 0.25) is 0 Å². The zero-order valence-electron chi connectivity index (χ0n) is 16.1. The first-order valence-electron chi connectivity index (χ1n) is 8.83. The molecule has 1 N–H and O–H groups in total. The van der Waals surface area contributed by atoms with E-state index >= 15 is 0 Å². The predicted octanol–water partition coefficient (Wildman–Crippen LogP) is 4.10. The number of aryl methyl sites for hydroxylation is 1. The summed E-state index contributed by atoms with van der Waals surface area (Å²) in [4.78, 5) is 21.9. The summed E-state index contributed by atoms with van der Waals surface area (Å²) >= 11 is 1.47. The van der Waals surface area contributed by atoms with Crippen LogP contribution in [0.5, 0.6) is 0 Å². The molecule has 0 radical (unpaired) electrons. The van der Waals surface area contributed by atoms with Crippen LogP contribution in [0.4, 0.5) is 0 Å². The number of nitrogens with one attached hydrogen (secondary N) is 1. The van der Waals surface area contributed by atoms with E-state index < -0.39 is 0 Å². The van der Waals surface area contributed by atoms with Gasteiger partial charge in [-0.25, -0.2) is 9.97 Å². The van der Waals surface area contributed by atoms with Crippen LogP contribution >= 0.6 is 11.8 Å². The Balaban J connectivity index is 2.19. The van der Waals surface area contributed by atoms with Crippen molar-refractivity contribution >= 4 is 17.7 Å². The number of amides is 1. The van der Waals surface area contributed by atoms with Crippen LogP contribution in [0.15, 0.2) is 29.3 Å². The minimum absolute atomic E-state index is 0.145. The second-order valence-corrected chi connectivity index (χ2v) is 7.09. The summed E-state index contributed by atoms with van der Waals surface area (Å²) in [6.07, 6.45) is 1.93. The van der Waals surface area contributed by atoms with E-state index in [1.54, 1.807) is 0 Å². The van der Waals surface area contributed by atoms with Crippen molar-refractivity contribution in [2.24, 2.45) is 0 Å². The van der Waals surface area contributed by atoms with Gasteiger partial charge >= 0.3 is 0 Å². The van der Waals surface area contributed by atoms with Crippen LogP contribution in [0.1, 0.15) is 59.7 Å². The topological polar surface area (TPSA) is 64.1 Å². The number of benzene rings is 1. The number of aromatic nitrogens is 2. The number of hydrogen-bond donors (Lipinski definition) is 1. The summed E-state index contributed by atoms with van der Waals surface area (Å²) in [6, 6.07) is 7.98. The highest BCUT2D eigenvalue weighted by Crippen LogP contribution is 2.23. The lowest BCUT2D eigenvalue weighted by molar-refractivity contribution is 0.0944. The monoisotopic (exact) mass is 373 g/mol. The Hall–Kier alpha value is -1.92. The molecule has 0 bridgehead atoms. The maximum Gasteiger partial charge on any atom is 0.256 e. The molecule has 5 nitrogen and oxygen atoms in total. The number of carbonyl (C=O) groups is 1. The van der Waals surface area contributed by atoms with Crippen molar-refractivity contribution in [3.05, 3.63) is 52.5 Å². The van der Waals surface area contributed by atoms with Crippen LogP contribution in [0, 0.1) is 6.92 Å². The molecule has 0 spiro atoms. The largest absolute Gasteiger partial charge is 0.377 e. The van der Waals surface area contributed by atoms with Gasteiger partial charge in [-0.1, -0.05) is 38.1 Å². The minimum atomic E-state index is -0.145. The molecule has 0 aliphatic rings. The summed E-state index contributed by atoms with van der Waals surface area (Å²) in [5, 5.41) is 3.73. The number of ether oxygens (including phenoxy) is 1. The van der Waals surface area contributed by atoms with E-state index in [1.807, 2.05) is 58.2 Å². The van der Waals surface area contributed by atoms with E-state index in [2.05, 4.69) is 15.3 Å². The fraction of sp³-hybridized carbons (Fsp3) is 0.450. The molecule has 0 saturated carbocycles. The van der Waals surface area contributed by atoms with Crippen molar-refractivity contribution in [1.82, 2.24) is 15.3 Å². The van der Waals surface area contributed by atoms with E-state index in [0.717, 1.165) is 22.0 Å². The van der Waals surface area contributed by atoms with Gasteiger partial charge in [0, 0.05) is 19.1 Å². The number of thioether (sulfide) groups is 1. The van der Waals surface area contributed by atoms with Crippen LogP contribution in [0.25, 0.3) is 0 Å². The highest BCUT2D eigenvalue weighted by atomic mass is 32.2. The van der Waals surface area contributed by atoms with Gasteiger partial charge in [0.15, 0.2) is 0 Å². The van der Waals surface area contributed by atoms with E-state index in [9.17, 15) is 4.79 Å². The van der Waals surface area contributed by atoms with Crippen molar-refractivity contribution < 1.29 is 9.53 Å². The quantitative estimate of drug-likeness (QED) is 0.557. The van der Waals surface area contributed by atoms with Crippen molar-refractivity contribution in [2.75, 3.05) is 12.9 Å². The molecule has 0 atom stereocenters. The zero-order valence-corrected chi connectivity index (χ0v) is 16.9. The van der Waals surface area contributed by atoms with E-state index in [4.69, 9.17) is 4.74 Å². The van der Waals surface area contributed by atoms with Crippen LogP contribution < -0.4 is 5.32 Å². The molecule has 2 rings (SSSR count). The lowest BCUT2D eigenvalue weighted by Crippen LogP contribution is -2.26. The molecule has 2 aromatic rings. The first-order chi connectivity index (χ1) is 12.5.